The first-order valence-electron chi connectivity index (χ1n) is 7.27. The highest BCUT2D eigenvalue weighted by Gasteiger charge is 2.39. The summed E-state index contributed by atoms with van der Waals surface area (Å²) in [7, 11) is 0. The molecule has 2 amide bonds. The Bertz CT molecular complexity index is 890. The van der Waals surface area contributed by atoms with E-state index < -0.39 is 11.8 Å². The third-order valence-electron chi connectivity index (χ3n) is 3.71. The first kappa shape index (κ1) is 16.6. The van der Waals surface area contributed by atoms with Crippen molar-refractivity contribution in [2.75, 3.05) is 10.2 Å². The van der Waals surface area contributed by atoms with E-state index in [1.165, 1.54) is 0 Å². The second kappa shape index (κ2) is 6.30. The fraction of sp³-hybridized carbons (Fsp3) is 0.111. The molecule has 1 aliphatic rings. The molecule has 4 nitrogen and oxygen atoms in total. The lowest BCUT2D eigenvalue weighted by Gasteiger charge is -2.18. The van der Waals surface area contributed by atoms with Gasteiger partial charge in [-0.15, -0.1) is 0 Å². The van der Waals surface area contributed by atoms with Gasteiger partial charge in [-0.1, -0.05) is 47.0 Å². The van der Waals surface area contributed by atoms with Crippen LogP contribution in [0, 0.1) is 13.8 Å². The van der Waals surface area contributed by atoms with Crippen molar-refractivity contribution in [3.8, 4) is 0 Å². The second-order valence-corrected chi connectivity index (χ2v) is 6.37. The molecule has 122 valence electrons. The Morgan fingerprint density at radius 1 is 0.958 bits per heavy atom. The van der Waals surface area contributed by atoms with Gasteiger partial charge in [0.15, 0.2) is 0 Å². The van der Waals surface area contributed by atoms with Crippen LogP contribution in [0.2, 0.25) is 5.02 Å². The normalized spacial score (nSPS) is 14.6. The fourth-order valence-corrected chi connectivity index (χ4v) is 3.00. The number of nitrogens with zero attached hydrogens (tertiary/aromatic N) is 1. The summed E-state index contributed by atoms with van der Waals surface area (Å²) in [6.45, 7) is 3.79. The number of aryl methyl sites for hydroxylation is 2. The average Bonchev–Trinajstić information content (AvgIpc) is 2.72. The van der Waals surface area contributed by atoms with Crippen LogP contribution in [0.25, 0.3) is 0 Å². The van der Waals surface area contributed by atoms with Crippen LogP contribution >= 0.6 is 23.2 Å². The fourth-order valence-electron chi connectivity index (χ4n) is 2.60. The monoisotopic (exact) mass is 360 g/mol. The Hall–Kier alpha value is -2.30. The van der Waals surface area contributed by atoms with Crippen molar-refractivity contribution in [3.63, 3.8) is 0 Å². The molecule has 0 atom stereocenters. The first-order chi connectivity index (χ1) is 11.4. The summed E-state index contributed by atoms with van der Waals surface area (Å²) in [4.78, 5) is 26.3. The molecule has 24 heavy (non-hydrogen) atoms. The van der Waals surface area contributed by atoms with Gasteiger partial charge >= 0.3 is 0 Å². The van der Waals surface area contributed by atoms with Crippen LogP contribution in [-0.4, -0.2) is 11.8 Å². The van der Waals surface area contributed by atoms with Gasteiger partial charge in [0.25, 0.3) is 11.8 Å². The molecule has 1 heterocycles. The van der Waals surface area contributed by atoms with Crippen LogP contribution < -0.4 is 10.2 Å². The molecule has 0 saturated carbocycles. The van der Waals surface area contributed by atoms with E-state index in [0.717, 1.165) is 16.0 Å². The summed E-state index contributed by atoms with van der Waals surface area (Å²) in [5.74, 6) is -1.03. The van der Waals surface area contributed by atoms with Crippen molar-refractivity contribution in [2.45, 2.75) is 13.8 Å². The number of carbonyl (C=O) groups is 2. The first-order valence-corrected chi connectivity index (χ1v) is 8.02. The number of nitrogens with one attached hydrogen (secondary N) is 1. The van der Waals surface area contributed by atoms with Crippen LogP contribution in [-0.2, 0) is 9.59 Å². The van der Waals surface area contributed by atoms with Crippen molar-refractivity contribution in [1.82, 2.24) is 0 Å². The molecule has 0 saturated heterocycles. The largest absolute Gasteiger partial charge is 0.350 e. The molecule has 1 aliphatic heterocycles. The lowest BCUT2D eigenvalue weighted by molar-refractivity contribution is -0.120. The minimum atomic E-state index is -0.543. The van der Waals surface area contributed by atoms with Crippen molar-refractivity contribution in [1.29, 1.82) is 0 Å². The van der Waals surface area contributed by atoms with Gasteiger partial charge in [0.05, 0.1) is 5.69 Å². The van der Waals surface area contributed by atoms with E-state index in [-0.39, 0.29) is 10.7 Å². The molecule has 2 aromatic rings. The average molecular weight is 361 g/mol. The minimum absolute atomic E-state index is 0.0453. The summed E-state index contributed by atoms with van der Waals surface area (Å²) in [5.41, 5.74) is 3.02. The minimum Gasteiger partial charge on any atom is -0.350 e. The molecule has 0 unspecified atom stereocenters. The van der Waals surface area contributed by atoms with E-state index in [0.29, 0.717) is 16.4 Å². The maximum Gasteiger partial charge on any atom is 0.283 e. The van der Waals surface area contributed by atoms with E-state index in [1.54, 1.807) is 30.3 Å². The van der Waals surface area contributed by atoms with Gasteiger partial charge < -0.3 is 5.32 Å². The Balaban J connectivity index is 1.95. The van der Waals surface area contributed by atoms with E-state index in [9.17, 15) is 9.59 Å². The number of benzene rings is 2. The molecule has 0 spiro atoms. The smallest absolute Gasteiger partial charge is 0.283 e. The zero-order chi connectivity index (χ0) is 17.4. The summed E-state index contributed by atoms with van der Waals surface area (Å²) < 4.78 is 0. The molecule has 6 heteroatoms. The number of hydrogen-bond acceptors (Lipinski definition) is 3. The third-order valence-corrected chi connectivity index (χ3v) is 4.30. The Morgan fingerprint density at radius 2 is 1.71 bits per heavy atom. The molecular formula is C18H14Cl2N2O2. The summed E-state index contributed by atoms with van der Waals surface area (Å²) in [5, 5.41) is 3.27. The van der Waals surface area contributed by atoms with Crippen molar-refractivity contribution < 1.29 is 9.59 Å². The van der Waals surface area contributed by atoms with E-state index in [2.05, 4.69) is 5.32 Å². The van der Waals surface area contributed by atoms with Gasteiger partial charge in [-0.2, -0.15) is 0 Å². The maximum absolute atomic E-state index is 12.7. The SMILES string of the molecule is Cc1ccc(N2C(=O)C(Cl)=C(Nc3cccc(Cl)c3)C2=O)c(C)c1. The van der Waals surface area contributed by atoms with E-state index in [4.69, 9.17) is 23.2 Å². The number of amides is 2. The number of hydrogen-bond donors (Lipinski definition) is 1. The van der Waals surface area contributed by atoms with E-state index in [1.807, 2.05) is 26.0 Å². The number of imide groups is 1. The topological polar surface area (TPSA) is 49.4 Å². The van der Waals surface area contributed by atoms with Gasteiger partial charge in [0, 0.05) is 10.7 Å². The predicted octanol–water partition coefficient (Wildman–Crippen LogP) is 4.39. The Labute approximate surface area is 149 Å². The molecule has 0 bridgehead atoms. The zero-order valence-corrected chi connectivity index (χ0v) is 14.6. The third kappa shape index (κ3) is 2.90. The molecule has 2 aromatic carbocycles. The quantitative estimate of drug-likeness (QED) is 0.825. The van der Waals surface area contributed by atoms with Crippen LogP contribution in [0.3, 0.4) is 0 Å². The zero-order valence-electron chi connectivity index (χ0n) is 13.1. The van der Waals surface area contributed by atoms with Gasteiger partial charge in [-0.25, -0.2) is 4.90 Å². The van der Waals surface area contributed by atoms with Crippen LogP contribution in [0.15, 0.2) is 53.2 Å². The summed E-state index contributed by atoms with van der Waals surface area (Å²) in [6, 6.07) is 12.3. The van der Waals surface area contributed by atoms with Gasteiger partial charge in [0.2, 0.25) is 0 Å². The van der Waals surface area contributed by atoms with Crippen LogP contribution in [0.4, 0.5) is 11.4 Å². The standard InChI is InChI=1S/C18H14Cl2N2O2/c1-10-6-7-14(11(2)8-10)22-17(23)15(20)16(18(22)24)21-13-5-3-4-12(19)9-13/h3-9,21H,1-2H3. The van der Waals surface area contributed by atoms with Gasteiger partial charge in [-0.05, 0) is 43.7 Å². The number of halogens is 2. The highest BCUT2D eigenvalue weighted by molar-refractivity contribution is 6.53. The highest BCUT2D eigenvalue weighted by Crippen LogP contribution is 2.32. The lowest BCUT2D eigenvalue weighted by Crippen LogP contribution is -2.32. The Morgan fingerprint density at radius 3 is 2.38 bits per heavy atom. The number of anilines is 2. The molecule has 0 radical (unpaired) electrons. The van der Waals surface area contributed by atoms with Crippen LogP contribution in [0.5, 0.6) is 0 Å². The molecule has 0 fully saturated rings. The maximum atomic E-state index is 12.7. The predicted molar refractivity (Wildman–Crippen MR) is 96.4 cm³/mol. The van der Waals surface area contributed by atoms with Crippen molar-refractivity contribution >= 4 is 46.4 Å². The molecule has 0 aliphatic carbocycles. The second-order valence-electron chi connectivity index (χ2n) is 5.56. The van der Waals surface area contributed by atoms with Crippen LogP contribution in [0.1, 0.15) is 11.1 Å². The van der Waals surface area contributed by atoms with E-state index >= 15 is 0 Å². The van der Waals surface area contributed by atoms with Crippen molar-refractivity contribution in [2.24, 2.45) is 0 Å². The molecular weight excluding hydrogens is 347 g/mol. The molecule has 3 rings (SSSR count). The van der Waals surface area contributed by atoms with Gasteiger partial charge in [0.1, 0.15) is 10.7 Å². The van der Waals surface area contributed by atoms with Crippen molar-refractivity contribution in [3.05, 3.63) is 69.3 Å². The van der Waals surface area contributed by atoms with Gasteiger partial charge in [-0.3, -0.25) is 9.59 Å². The number of rotatable bonds is 3. The highest BCUT2D eigenvalue weighted by atomic mass is 35.5. The molecule has 1 N–H and O–H groups in total. The summed E-state index contributed by atoms with van der Waals surface area (Å²) in [6.07, 6.45) is 0. The Kier molecular flexibility index (Phi) is 4.35. The number of carbonyl (C=O) groups excluding carboxylic acids is 2. The summed E-state index contributed by atoms with van der Waals surface area (Å²) >= 11 is 12.1. The molecule has 0 aromatic heterocycles. The lowest BCUT2D eigenvalue weighted by atomic mass is 10.1.